The van der Waals surface area contributed by atoms with Crippen LogP contribution in [-0.2, 0) is 4.84 Å². The first-order chi connectivity index (χ1) is 14.6. The third kappa shape index (κ3) is 5.78. The summed E-state index contributed by atoms with van der Waals surface area (Å²) in [4.78, 5) is 4.72. The Labute approximate surface area is 179 Å². The summed E-state index contributed by atoms with van der Waals surface area (Å²) in [7, 11) is 1.53. The summed E-state index contributed by atoms with van der Waals surface area (Å²) in [6, 6.07) is 11.9. The van der Waals surface area contributed by atoms with Crippen LogP contribution in [0.25, 0.3) is 0 Å². The Kier molecular flexibility index (Phi) is 7.77. The first kappa shape index (κ1) is 21.8. The van der Waals surface area contributed by atoms with Gasteiger partial charge in [-0.25, -0.2) is 0 Å². The molecule has 5 nitrogen and oxygen atoms in total. The molecule has 1 saturated carbocycles. The standard InChI is InChI=1S/C25H31NO4/c1-5-6-14-28-22-15-18(2)25(19(3)16-22)30-24-9-7-8-23(24)29-21-12-10-20(11-13-21)17-26-27-4/h5-6,10-13,15-17,23-24H,7-9,14H2,1-4H3/b6-5+,26-17?. The Bertz CT molecular complexity index is 850. The van der Waals surface area contributed by atoms with Gasteiger partial charge in [0.1, 0.15) is 43.2 Å². The van der Waals surface area contributed by atoms with Gasteiger partial charge in [0.05, 0.1) is 6.21 Å². The van der Waals surface area contributed by atoms with E-state index in [9.17, 15) is 0 Å². The highest BCUT2D eigenvalue weighted by Gasteiger charge is 2.31. The quantitative estimate of drug-likeness (QED) is 0.306. The molecule has 0 saturated heterocycles. The molecular weight excluding hydrogens is 378 g/mol. The SMILES string of the molecule is C/C=C/COc1cc(C)c(OC2CCCC2Oc2ccc(C=NOC)cc2)c(C)c1. The van der Waals surface area contributed by atoms with E-state index in [4.69, 9.17) is 19.0 Å². The monoisotopic (exact) mass is 409 g/mol. The lowest BCUT2D eigenvalue weighted by Crippen LogP contribution is -2.31. The van der Waals surface area contributed by atoms with E-state index in [1.807, 2.05) is 55.5 Å². The van der Waals surface area contributed by atoms with Gasteiger partial charge in [0.2, 0.25) is 0 Å². The average Bonchev–Trinajstić information content (AvgIpc) is 3.17. The molecule has 2 aromatic rings. The molecule has 0 aromatic heterocycles. The second kappa shape index (κ2) is 10.7. The molecule has 0 heterocycles. The Balaban J connectivity index is 1.65. The minimum Gasteiger partial charge on any atom is -0.490 e. The molecule has 5 heteroatoms. The second-order valence-electron chi connectivity index (χ2n) is 7.50. The first-order valence-corrected chi connectivity index (χ1v) is 10.5. The van der Waals surface area contributed by atoms with E-state index in [1.54, 1.807) is 6.21 Å². The van der Waals surface area contributed by atoms with Gasteiger partial charge in [0, 0.05) is 0 Å². The minimum atomic E-state index is 0.0342. The van der Waals surface area contributed by atoms with Gasteiger partial charge in [-0.15, -0.1) is 0 Å². The summed E-state index contributed by atoms with van der Waals surface area (Å²) < 4.78 is 18.5. The smallest absolute Gasteiger partial charge is 0.135 e. The lowest BCUT2D eigenvalue weighted by atomic mass is 10.1. The molecule has 0 bridgehead atoms. The predicted molar refractivity (Wildman–Crippen MR) is 120 cm³/mol. The van der Waals surface area contributed by atoms with Crippen LogP contribution < -0.4 is 14.2 Å². The zero-order valence-electron chi connectivity index (χ0n) is 18.3. The number of ether oxygens (including phenoxy) is 3. The molecule has 2 aromatic carbocycles. The van der Waals surface area contributed by atoms with Crippen molar-refractivity contribution in [2.75, 3.05) is 13.7 Å². The van der Waals surface area contributed by atoms with Crippen LogP contribution in [0.2, 0.25) is 0 Å². The van der Waals surface area contributed by atoms with Gasteiger partial charge in [0.15, 0.2) is 0 Å². The summed E-state index contributed by atoms with van der Waals surface area (Å²) in [5.74, 6) is 2.64. The summed E-state index contributed by atoms with van der Waals surface area (Å²) >= 11 is 0. The molecule has 0 aliphatic heterocycles. The van der Waals surface area contributed by atoms with Crippen molar-refractivity contribution in [2.45, 2.75) is 52.2 Å². The Morgan fingerprint density at radius 2 is 1.63 bits per heavy atom. The molecule has 0 spiro atoms. The lowest BCUT2D eigenvalue weighted by Gasteiger charge is -2.24. The maximum Gasteiger partial charge on any atom is 0.135 e. The van der Waals surface area contributed by atoms with Gasteiger partial charge >= 0.3 is 0 Å². The van der Waals surface area contributed by atoms with Gasteiger partial charge in [-0.1, -0.05) is 17.3 Å². The lowest BCUT2D eigenvalue weighted by molar-refractivity contribution is 0.0769. The van der Waals surface area contributed by atoms with Crippen LogP contribution in [0.5, 0.6) is 17.2 Å². The number of rotatable bonds is 9. The fourth-order valence-corrected chi connectivity index (χ4v) is 3.65. The highest BCUT2D eigenvalue weighted by Crippen LogP contribution is 2.34. The fourth-order valence-electron chi connectivity index (χ4n) is 3.65. The van der Waals surface area contributed by atoms with Crippen LogP contribution in [0.4, 0.5) is 0 Å². The van der Waals surface area contributed by atoms with E-state index in [2.05, 4.69) is 19.0 Å². The molecule has 0 amide bonds. The van der Waals surface area contributed by atoms with Gasteiger partial charge in [-0.05, 0) is 93.1 Å². The van der Waals surface area contributed by atoms with Crippen molar-refractivity contribution in [1.82, 2.24) is 0 Å². The van der Waals surface area contributed by atoms with Crippen LogP contribution in [-0.4, -0.2) is 32.1 Å². The van der Waals surface area contributed by atoms with Gasteiger partial charge in [-0.2, -0.15) is 0 Å². The molecule has 1 fully saturated rings. The van der Waals surface area contributed by atoms with E-state index in [0.29, 0.717) is 6.61 Å². The summed E-state index contributed by atoms with van der Waals surface area (Å²) in [6.07, 6.45) is 8.78. The number of oxime groups is 1. The normalized spacial score (nSPS) is 18.8. The Hall–Kier alpha value is -2.95. The minimum absolute atomic E-state index is 0.0342. The van der Waals surface area contributed by atoms with Gasteiger partial charge < -0.3 is 19.0 Å². The molecular formula is C25H31NO4. The number of nitrogens with zero attached hydrogens (tertiary/aromatic N) is 1. The predicted octanol–water partition coefficient (Wildman–Crippen LogP) is 5.62. The Morgan fingerprint density at radius 1 is 0.967 bits per heavy atom. The zero-order chi connectivity index (χ0) is 21.3. The molecule has 1 aliphatic carbocycles. The zero-order valence-corrected chi connectivity index (χ0v) is 18.3. The van der Waals surface area contributed by atoms with E-state index in [1.165, 1.54) is 7.11 Å². The van der Waals surface area contributed by atoms with Crippen molar-refractivity contribution < 1.29 is 19.0 Å². The number of aryl methyl sites for hydroxylation is 2. The molecule has 30 heavy (non-hydrogen) atoms. The number of hydrogen-bond donors (Lipinski definition) is 0. The van der Waals surface area contributed by atoms with Crippen molar-refractivity contribution in [2.24, 2.45) is 5.16 Å². The second-order valence-corrected chi connectivity index (χ2v) is 7.50. The molecule has 0 radical (unpaired) electrons. The van der Waals surface area contributed by atoms with Crippen LogP contribution in [0.15, 0.2) is 53.7 Å². The molecule has 0 N–H and O–H groups in total. The van der Waals surface area contributed by atoms with Crippen molar-refractivity contribution in [3.63, 3.8) is 0 Å². The topological polar surface area (TPSA) is 49.3 Å². The molecule has 1 aliphatic rings. The number of benzene rings is 2. The summed E-state index contributed by atoms with van der Waals surface area (Å²) in [6.45, 7) is 6.69. The van der Waals surface area contributed by atoms with Crippen molar-refractivity contribution >= 4 is 6.21 Å². The highest BCUT2D eigenvalue weighted by molar-refractivity contribution is 5.79. The maximum absolute atomic E-state index is 6.45. The number of hydrogen-bond acceptors (Lipinski definition) is 5. The van der Waals surface area contributed by atoms with Crippen LogP contribution in [0.1, 0.15) is 42.9 Å². The molecule has 2 atom stereocenters. The molecule has 160 valence electrons. The highest BCUT2D eigenvalue weighted by atomic mass is 16.6. The van der Waals surface area contributed by atoms with E-state index < -0.39 is 0 Å². The average molecular weight is 410 g/mol. The molecule has 2 unspecified atom stereocenters. The summed E-state index contributed by atoms with van der Waals surface area (Å²) in [5, 5.41) is 3.78. The maximum atomic E-state index is 6.45. The number of allylic oxidation sites excluding steroid dienone is 1. The van der Waals surface area contributed by atoms with Crippen molar-refractivity contribution in [1.29, 1.82) is 0 Å². The summed E-state index contributed by atoms with van der Waals surface area (Å²) in [5.41, 5.74) is 3.13. The third-order valence-electron chi connectivity index (χ3n) is 5.15. The largest absolute Gasteiger partial charge is 0.490 e. The Morgan fingerprint density at radius 3 is 2.27 bits per heavy atom. The van der Waals surface area contributed by atoms with Crippen molar-refractivity contribution in [3.8, 4) is 17.2 Å². The fraction of sp³-hybridized carbons (Fsp3) is 0.400. The van der Waals surface area contributed by atoms with Crippen LogP contribution in [0, 0.1) is 13.8 Å². The van der Waals surface area contributed by atoms with Gasteiger partial charge in [-0.3, -0.25) is 0 Å². The van der Waals surface area contributed by atoms with Crippen LogP contribution in [0.3, 0.4) is 0 Å². The van der Waals surface area contributed by atoms with Gasteiger partial charge in [0.25, 0.3) is 0 Å². The van der Waals surface area contributed by atoms with E-state index in [0.717, 1.165) is 53.2 Å². The van der Waals surface area contributed by atoms with E-state index >= 15 is 0 Å². The van der Waals surface area contributed by atoms with Crippen molar-refractivity contribution in [3.05, 3.63) is 65.2 Å². The molecule has 3 rings (SSSR count). The van der Waals surface area contributed by atoms with E-state index in [-0.39, 0.29) is 12.2 Å². The van der Waals surface area contributed by atoms with Crippen LogP contribution >= 0.6 is 0 Å². The first-order valence-electron chi connectivity index (χ1n) is 10.5. The third-order valence-corrected chi connectivity index (χ3v) is 5.15.